The van der Waals surface area contributed by atoms with Gasteiger partial charge in [0.05, 0.1) is 19.3 Å². The molecule has 0 aromatic heterocycles. The fourth-order valence-electron chi connectivity index (χ4n) is 6.64. The van der Waals surface area contributed by atoms with E-state index in [1.54, 1.807) is 54.6 Å². The zero-order valence-electron chi connectivity index (χ0n) is 38.0. The van der Waals surface area contributed by atoms with Crippen LogP contribution in [0.15, 0.2) is 60.7 Å². The van der Waals surface area contributed by atoms with Gasteiger partial charge in [-0.25, -0.2) is 18.4 Å². The Labute approximate surface area is 372 Å². The number of alkyl halides is 2. The molecule has 0 aliphatic carbocycles. The first-order chi connectivity index (χ1) is 30.3. The monoisotopic (exact) mass is 892 g/mol. The fourth-order valence-corrected chi connectivity index (χ4v) is 6.64. The second-order valence-electron chi connectivity index (χ2n) is 15.9. The van der Waals surface area contributed by atoms with Crippen LogP contribution < -0.4 is 16.0 Å². The Morgan fingerprint density at radius 3 is 1.86 bits per heavy atom. The molecule has 1 saturated heterocycles. The van der Waals surface area contributed by atoms with Crippen LogP contribution in [0.5, 0.6) is 0 Å². The Bertz CT molecular complexity index is 1630. The molecule has 7 atom stereocenters. The highest BCUT2D eigenvalue weighted by Gasteiger charge is 2.64. The lowest BCUT2D eigenvalue weighted by Crippen LogP contribution is -2.67. The van der Waals surface area contributed by atoms with Crippen LogP contribution in [0, 0.1) is 0 Å². The maximum absolute atomic E-state index is 17.6. The molecule has 1 fully saturated rings. The number of rotatable bonds is 30. The number of amides is 3. The molecular weight excluding hydrogens is 821 g/mol. The third-order valence-corrected chi connectivity index (χ3v) is 10.5. The Hall–Kier alpha value is -4.22. The molecule has 3 amide bonds. The van der Waals surface area contributed by atoms with E-state index in [0.29, 0.717) is 38.0 Å². The minimum Gasteiger partial charge on any atom is -0.459 e. The number of benzene rings is 2. The third-order valence-electron chi connectivity index (χ3n) is 10.5. The summed E-state index contributed by atoms with van der Waals surface area (Å²) < 4.78 is 76.9. The number of alkyl carbamates (subject to hydrolysis) is 1. The van der Waals surface area contributed by atoms with E-state index in [9.17, 15) is 19.2 Å². The molecule has 0 saturated carbocycles. The molecule has 0 spiro atoms. The quantitative estimate of drug-likeness (QED) is 0.0523. The molecule has 354 valence electrons. The summed E-state index contributed by atoms with van der Waals surface area (Å²) in [7, 11) is 0. The second-order valence-corrected chi connectivity index (χ2v) is 15.9. The van der Waals surface area contributed by atoms with Gasteiger partial charge < -0.3 is 49.1 Å². The van der Waals surface area contributed by atoms with E-state index in [2.05, 4.69) is 16.0 Å². The van der Waals surface area contributed by atoms with Crippen LogP contribution in [-0.4, -0.2) is 105 Å². The van der Waals surface area contributed by atoms with Gasteiger partial charge in [-0.1, -0.05) is 114 Å². The van der Waals surface area contributed by atoms with Crippen LogP contribution in [-0.2, 0) is 60.8 Å². The molecule has 2 aromatic rings. The summed E-state index contributed by atoms with van der Waals surface area (Å²) in [6, 6.07) is 13.2. The van der Waals surface area contributed by atoms with Crippen molar-refractivity contribution in [2.24, 2.45) is 0 Å². The molecule has 1 aliphatic heterocycles. The zero-order valence-corrected chi connectivity index (χ0v) is 38.0. The van der Waals surface area contributed by atoms with Crippen molar-refractivity contribution in [1.29, 1.82) is 0 Å². The molecule has 14 nitrogen and oxygen atoms in total. The summed E-state index contributed by atoms with van der Waals surface area (Å²) in [6.07, 6.45) is 0.0572. The lowest BCUT2D eigenvalue weighted by Gasteiger charge is -2.50. The van der Waals surface area contributed by atoms with E-state index in [4.69, 9.17) is 33.2 Å². The van der Waals surface area contributed by atoms with Crippen molar-refractivity contribution < 1.29 is 61.1 Å². The van der Waals surface area contributed by atoms with E-state index in [1.807, 2.05) is 33.8 Å². The zero-order chi connectivity index (χ0) is 46.1. The first-order valence-electron chi connectivity index (χ1n) is 22.6. The molecule has 3 N–H and O–H groups in total. The van der Waals surface area contributed by atoms with E-state index < -0.39 is 84.9 Å². The normalized spacial score (nSPS) is 20.2. The van der Waals surface area contributed by atoms with Crippen molar-refractivity contribution in [2.45, 2.75) is 167 Å². The van der Waals surface area contributed by atoms with Gasteiger partial charge in [0.2, 0.25) is 17.6 Å². The summed E-state index contributed by atoms with van der Waals surface area (Å²) in [4.78, 5) is 53.3. The number of carbonyl (C=O) groups excluding carboxylic acids is 4. The van der Waals surface area contributed by atoms with Gasteiger partial charge in [0, 0.05) is 32.7 Å². The predicted molar refractivity (Wildman–Crippen MR) is 233 cm³/mol. The Morgan fingerprint density at radius 2 is 1.25 bits per heavy atom. The second kappa shape index (κ2) is 28.5. The lowest BCUT2D eigenvalue weighted by atomic mass is 9.88. The molecule has 0 bridgehead atoms. The van der Waals surface area contributed by atoms with E-state index in [-0.39, 0.29) is 33.0 Å². The number of esters is 1. The molecule has 2 aromatic carbocycles. The van der Waals surface area contributed by atoms with E-state index >= 15 is 8.78 Å². The summed E-state index contributed by atoms with van der Waals surface area (Å²) in [5.74, 6) is -9.29. The largest absolute Gasteiger partial charge is 0.459 e. The standard InChI is InChI=1S/C47H71F2N3O11/c1-7-11-25-57-33-40-41(59-27-13-9-3)39(58-26-12-8-2)30-47(63-40,62-28-14-10-4)46(48,49)29-38(52-45(56)61-32-37-23-19-16-20-24-37)43(54)50-34(5)42(53)51-35(6)44(55)60-31-36-21-17-15-18-22-36/h15-24,34-35,38-41H,7-14,25-33H2,1-6H3,(H,50,54)(H,51,53)(H,52,56)/t34-,35-,38?,39+,40+,41+,47+/m0/s1. The molecule has 1 heterocycles. The number of hydrogen-bond donors (Lipinski definition) is 3. The minimum atomic E-state index is -3.99. The predicted octanol–water partition coefficient (Wildman–Crippen LogP) is 7.55. The van der Waals surface area contributed by atoms with Crippen LogP contribution in [0.3, 0.4) is 0 Å². The number of hydrogen-bond acceptors (Lipinski definition) is 11. The number of carbonyl (C=O) groups is 4. The molecular formula is C47H71F2N3O11. The van der Waals surface area contributed by atoms with Gasteiger partial charge in [-0.2, -0.15) is 0 Å². The first kappa shape index (κ1) is 53.1. The van der Waals surface area contributed by atoms with Crippen LogP contribution in [0.4, 0.5) is 13.6 Å². The lowest BCUT2D eigenvalue weighted by molar-refractivity contribution is -0.398. The molecule has 1 unspecified atom stereocenters. The summed E-state index contributed by atoms with van der Waals surface area (Å²) in [5, 5.41) is 7.22. The average Bonchev–Trinajstić information content (AvgIpc) is 3.27. The first-order valence-corrected chi connectivity index (χ1v) is 22.6. The van der Waals surface area contributed by atoms with Gasteiger partial charge in [-0.05, 0) is 50.7 Å². The minimum absolute atomic E-state index is 0.0216. The van der Waals surface area contributed by atoms with Crippen LogP contribution in [0.1, 0.15) is 117 Å². The summed E-state index contributed by atoms with van der Waals surface area (Å²) in [6.45, 7) is 11.2. The van der Waals surface area contributed by atoms with Crippen molar-refractivity contribution >= 4 is 23.9 Å². The number of nitrogens with one attached hydrogen (secondary N) is 3. The van der Waals surface area contributed by atoms with Gasteiger partial charge in [0.15, 0.2) is 0 Å². The third kappa shape index (κ3) is 18.1. The highest BCUT2D eigenvalue weighted by atomic mass is 19.3. The van der Waals surface area contributed by atoms with Crippen molar-refractivity contribution in [1.82, 2.24) is 16.0 Å². The summed E-state index contributed by atoms with van der Waals surface area (Å²) in [5.41, 5.74) is 1.37. The Kier molecular flexibility index (Phi) is 24.1. The number of unbranched alkanes of at least 4 members (excludes halogenated alkanes) is 4. The SMILES string of the molecule is CCCCOC[C@H]1O[C@@](OCCCC)(C(F)(F)CC(NC(=O)OCc2ccccc2)C(=O)N[C@@H](C)C(=O)N[C@@H](C)C(=O)OCc2ccccc2)C[C@@H](OCCCC)[C@H]1OCCCC. The molecule has 0 radical (unpaired) electrons. The summed E-state index contributed by atoms with van der Waals surface area (Å²) >= 11 is 0. The van der Waals surface area contributed by atoms with Crippen LogP contribution in [0.25, 0.3) is 0 Å². The molecule has 16 heteroatoms. The van der Waals surface area contributed by atoms with Crippen molar-refractivity contribution in [3.63, 3.8) is 0 Å². The molecule has 3 rings (SSSR count). The van der Waals surface area contributed by atoms with Gasteiger partial charge >= 0.3 is 18.0 Å². The highest BCUT2D eigenvalue weighted by molar-refractivity contribution is 5.92. The Morgan fingerprint density at radius 1 is 0.714 bits per heavy atom. The number of halogens is 2. The maximum Gasteiger partial charge on any atom is 0.408 e. The van der Waals surface area contributed by atoms with Crippen molar-refractivity contribution in [3.8, 4) is 0 Å². The number of ether oxygens (including phenoxy) is 7. The van der Waals surface area contributed by atoms with Crippen molar-refractivity contribution in [3.05, 3.63) is 71.8 Å². The van der Waals surface area contributed by atoms with E-state index in [1.165, 1.54) is 13.8 Å². The van der Waals surface area contributed by atoms with Crippen molar-refractivity contribution in [2.75, 3.05) is 33.0 Å². The smallest absolute Gasteiger partial charge is 0.408 e. The van der Waals surface area contributed by atoms with Crippen LogP contribution in [0.2, 0.25) is 0 Å². The van der Waals surface area contributed by atoms with Gasteiger partial charge in [0.25, 0.3) is 0 Å². The van der Waals surface area contributed by atoms with Crippen LogP contribution >= 0.6 is 0 Å². The highest BCUT2D eigenvalue weighted by Crippen LogP contribution is 2.46. The molecule has 63 heavy (non-hydrogen) atoms. The fraction of sp³-hybridized carbons (Fsp3) is 0.660. The van der Waals surface area contributed by atoms with Gasteiger partial charge in [-0.15, -0.1) is 0 Å². The van der Waals surface area contributed by atoms with Gasteiger partial charge in [0.1, 0.15) is 43.5 Å². The van der Waals surface area contributed by atoms with Gasteiger partial charge in [-0.3, -0.25) is 9.59 Å². The maximum atomic E-state index is 17.6. The topological polar surface area (TPSA) is 169 Å². The Balaban J connectivity index is 1.93. The molecule has 1 aliphatic rings. The average molecular weight is 892 g/mol. The van der Waals surface area contributed by atoms with E-state index in [0.717, 1.165) is 37.7 Å².